The van der Waals surface area contributed by atoms with Gasteiger partial charge in [-0.2, -0.15) is 10.2 Å². The number of nitrogens with one attached hydrogen (secondary N) is 1. The highest BCUT2D eigenvalue weighted by Gasteiger charge is 2.23. The number of hydrazone groups is 1. The molecule has 3 rings (SSSR count). The normalized spacial score (nSPS) is 14.7. The Morgan fingerprint density at radius 2 is 1.89 bits per heavy atom. The number of carbonyl (C=O) groups is 2. The van der Waals surface area contributed by atoms with E-state index >= 15 is 0 Å². The lowest BCUT2D eigenvalue weighted by molar-refractivity contribution is -0.133. The lowest BCUT2D eigenvalue weighted by Gasteiger charge is -2.15. The van der Waals surface area contributed by atoms with Crippen LogP contribution in [0.3, 0.4) is 0 Å². The number of aryl methyl sites for hydroxylation is 2. The molecule has 0 aliphatic carbocycles. The fourth-order valence-electron chi connectivity index (χ4n) is 3.62. The zero-order chi connectivity index (χ0) is 20.3. The van der Waals surface area contributed by atoms with Crippen LogP contribution in [0.2, 0.25) is 0 Å². The first-order valence-corrected chi connectivity index (χ1v) is 9.59. The highest BCUT2D eigenvalue weighted by molar-refractivity contribution is 6.02. The summed E-state index contributed by atoms with van der Waals surface area (Å²) in [5, 5.41) is 13.3. The van der Waals surface area contributed by atoms with Crippen LogP contribution >= 0.6 is 0 Å². The average Bonchev–Trinajstić information content (AvgIpc) is 3.25. The molecule has 2 aromatic rings. The van der Waals surface area contributed by atoms with Gasteiger partial charge < -0.3 is 5.32 Å². The van der Waals surface area contributed by atoms with E-state index in [0.717, 1.165) is 34.6 Å². The van der Waals surface area contributed by atoms with Crippen molar-refractivity contribution in [2.45, 2.75) is 46.1 Å². The average molecular weight is 381 g/mol. The van der Waals surface area contributed by atoms with Gasteiger partial charge in [-0.3, -0.25) is 14.3 Å². The summed E-state index contributed by atoms with van der Waals surface area (Å²) in [5.74, 6) is -0.266. The van der Waals surface area contributed by atoms with Crippen molar-refractivity contribution in [3.63, 3.8) is 0 Å². The van der Waals surface area contributed by atoms with Gasteiger partial charge in [0.25, 0.3) is 0 Å². The highest BCUT2D eigenvalue weighted by atomic mass is 16.2. The van der Waals surface area contributed by atoms with Gasteiger partial charge in [0.1, 0.15) is 0 Å². The molecule has 1 unspecified atom stereocenters. The Morgan fingerprint density at radius 3 is 2.54 bits per heavy atom. The van der Waals surface area contributed by atoms with E-state index in [0.29, 0.717) is 6.54 Å². The second kappa shape index (κ2) is 8.37. The van der Waals surface area contributed by atoms with Crippen LogP contribution in [-0.4, -0.2) is 38.9 Å². The smallest absolute Gasteiger partial charge is 0.243 e. The number of hydrogen-bond donors (Lipinski definition) is 1. The monoisotopic (exact) mass is 381 g/mol. The summed E-state index contributed by atoms with van der Waals surface area (Å²) in [7, 11) is 1.89. The standard InChI is InChI=1S/C21H27N5O2/c1-14(21-15(2)23-25(4)16(21)3)22-19(27)10-11-20(28)26-13-12-18(24-26)17-8-6-5-7-9-17/h5-9,14H,10-13H2,1-4H3,(H,22,27). The molecule has 7 nitrogen and oxygen atoms in total. The topological polar surface area (TPSA) is 79.6 Å². The molecular formula is C21H27N5O2. The molecule has 0 saturated carbocycles. The summed E-state index contributed by atoms with van der Waals surface area (Å²) < 4.78 is 1.81. The molecule has 1 aliphatic rings. The van der Waals surface area contributed by atoms with Gasteiger partial charge in [0.05, 0.1) is 24.0 Å². The van der Waals surface area contributed by atoms with E-state index in [2.05, 4.69) is 15.5 Å². The first kappa shape index (κ1) is 19.8. The molecule has 2 amide bonds. The Bertz CT molecular complexity index is 901. The molecule has 148 valence electrons. The summed E-state index contributed by atoms with van der Waals surface area (Å²) in [4.78, 5) is 24.7. The molecule has 1 aliphatic heterocycles. The van der Waals surface area contributed by atoms with Gasteiger partial charge in [-0.05, 0) is 26.3 Å². The number of nitrogens with zero attached hydrogens (tertiary/aromatic N) is 4. The lowest BCUT2D eigenvalue weighted by atomic mass is 10.1. The molecule has 2 heterocycles. The SMILES string of the molecule is Cc1nn(C)c(C)c1C(C)NC(=O)CCC(=O)N1CCC(c2ccccc2)=N1. The zero-order valence-electron chi connectivity index (χ0n) is 16.9. The molecule has 7 heteroatoms. The van der Waals surface area contributed by atoms with E-state index in [9.17, 15) is 9.59 Å². The molecule has 0 radical (unpaired) electrons. The Labute approximate surface area is 165 Å². The number of aromatic nitrogens is 2. The van der Waals surface area contributed by atoms with Crippen molar-refractivity contribution in [2.75, 3.05) is 6.54 Å². The minimum absolute atomic E-state index is 0.123. The number of hydrogen-bond acceptors (Lipinski definition) is 4. The number of benzene rings is 1. The van der Waals surface area contributed by atoms with Crippen LogP contribution in [0, 0.1) is 13.8 Å². The Morgan fingerprint density at radius 1 is 1.18 bits per heavy atom. The van der Waals surface area contributed by atoms with E-state index in [1.165, 1.54) is 5.01 Å². The molecular weight excluding hydrogens is 354 g/mol. The van der Waals surface area contributed by atoms with E-state index in [1.807, 2.05) is 62.8 Å². The molecule has 0 spiro atoms. The third-order valence-corrected chi connectivity index (χ3v) is 5.14. The molecule has 1 aromatic heterocycles. The second-order valence-corrected chi connectivity index (χ2v) is 7.18. The van der Waals surface area contributed by atoms with Crippen LogP contribution in [-0.2, 0) is 16.6 Å². The van der Waals surface area contributed by atoms with Crippen molar-refractivity contribution in [1.82, 2.24) is 20.1 Å². The van der Waals surface area contributed by atoms with E-state index < -0.39 is 0 Å². The molecule has 1 aromatic carbocycles. The van der Waals surface area contributed by atoms with Crippen molar-refractivity contribution in [2.24, 2.45) is 12.1 Å². The maximum atomic E-state index is 12.4. The fraction of sp³-hybridized carbons (Fsp3) is 0.429. The number of amides is 2. The van der Waals surface area contributed by atoms with Crippen molar-refractivity contribution in [1.29, 1.82) is 0 Å². The van der Waals surface area contributed by atoms with Gasteiger partial charge in [0, 0.05) is 37.6 Å². The molecule has 0 saturated heterocycles. The summed E-state index contributed by atoms with van der Waals surface area (Å²) in [6, 6.07) is 9.70. The fourth-order valence-corrected chi connectivity index (χ4v) is 3.62. The summed E-state index contributed by atoms with van der Waals surface area (Å²) in [5.41, 5.74) is 4.91. The third kappa shape index (κ3) is 4.30. The maximum absolute atomic E-state index is 12.4. The van der Waals surface area contributed by atoms with Crippen LogP contribution < -0.4 is 5.32 Å². The van der Waals surface area contributed by atoms with Gasteiger partial charge in [0.15, 0.2) is 0 Å². The minimum Gasteiger partial charge on any atom is -0.349 e. The van der Waals surface area contributed by atoms with Gasteiger partial charge in [-0.1, -0.05) is 30.3 Å². The summed E-state index contributed by atoms with van der Waals surface area (Å²) >= 11 is 0. The van der Waals surface area contributed by atoms with Gasteiger partial charge >= 0.3 is 0 Å². The Kier molecular flexibility index (Phi) is 5.92. The van der Waals surface area contributed by atoms with Crippen molar-refractivity contribution >= 4 is 17.5 Å². The predicted molar refractivity (Wildman–Crippen MR) is 108 cm³/mol. The number of carbonyl (C=O) groups excluding carboxylic acids is 2. The van der Waals surface area contributed by atoms with Crippen molar-refractivity contribution in [3.05, 3.63) is 52.8 Å². The van der Waals surface area contributed by atoms with Gasteiger partial charge in [0.2, 0.25) is 11.8 Å². The molecule has 1 N–H and O–H groups in total. The van der Waals surface area contributed by atoms with Crippen LogP contribution in [0.25, 0.3) is 0 Å². The summed E-state index contributed by atoms with van der Waals surface area (Å²) in [6.07, 6.45) is 1.03. The maximum Gasteiger partial charge on any atom is 0.243 e. The predicted octanol–water partition coefficient (Wildman–Crippen LogP) is 2.63. The third-order valence-electron chi connectivity index (χ3n) is 5.14. The van der Waals surface area contributed by atoms with E-state index in [4.69, 9.17) is 0 Å². The highest BCUT2D eigenvalue weighted by Crippen LogP contribution is 2.21. The molecule has 0 bridgehead atoms. The van der Waals surface area contributed by atoms with Crippen LogP contribution in [0.5, 0.6) is 0 Å². The molecule has 1 atom stereocenters. The Hall–Kier alpha value is -2.96. The van der Waals surface area contributed by atoms with Gasteiger partial charge in [-0.25, -0.2) is 5.01 Å². The van der Waals surface area contributed by atoms with Crippen LogP contribution in [0.1, 0.15) is 54.7 Å². The first-order chi connectivity index (χ1) is 13.4. The van der Waals surface area contributed by atoms with Crippen molar-refractivity contribution in [3.8, 4) is 0 Å². The van der Waals surface area contributed by atoms with E-state index in [-0.39, 0.29) is 30.7 Å². The second-order valence-electron chi connectivity index (χ2n) is 7.18. The first-order valence-electron chi connectivity index (χ1n) is 9.59. The zero-order valence-corrected chi connectivity index (χ0v) is 16.9. The lowest BCUT2D eigenvalue weighted by Crippen LogP contribution is -2.30. The van der Waals surface area contributed by atoms with Gasteiger partial charge in [-0.15, -0.1) is 0 Å². The summed E-state index contributed by atoms with van der Waals surface area (Å²) in [6.45, 7) is 6.42. The number of rotatable bonds is 6. The quantitative estimate of drug-likeness (QED) is 0.835. The van der Waals surface area contributed by atoms with Crippen LogP contribution in [0.15, 0.2) is 35.4 Å². The van der Waals surface area contributed by atoms with E-state index in [1.54, 1.807) is 0 Å². The van der Waals surface area contributed by atoms with Crippen LogP contribution in [0.4, 0.5) is 0 Å². The molecule has 28 heavy (non-hydrogen) atoms. The van der Waals surface area contributed by atoms with Crippen molar-refractivity contribution < 1.29 is 9.59 Å². The molecule has 0 fully saturated rings. The minimum atomic E-state index is -0.147. The Balaban J connectivity index is 1.52. The largest absolute Gasteiger partial charge is 0.349 e.